The summed E-state index contributed by atoms with van der Waals surface area (Å²) in [5.74, 6) is 0. The van der Waals surface area contributed by atoms with Crippen molar-refractivity contribution in [2.45, 2.75) is 51.9 Å². The molecule has 0 spiro atoms. The van der Waals surface area contributed by atoms with Crippen LogP contribution in [0.3, 0.4) is 0 Å². The molecule has 0 amide bonds. The van der Waals surface area contributed by atoms with E-state index in [1.807, 2.05) is 0 Å². The summed E-state index contributed by atoms with van der Waals surface area (Å²) in [6, 6.07) is 0. The zero-order valence-corrected chi connectivity index (χ0v) is 8.97. The van der Waals surface area contributed by atoms with E-state index in [4.69, 9.17) is 0 Å². The van der Waals surface area contributed by atoms with E-state index < -0.39 is 0 Å². The van der Waals surface area contributed by atoms with Gasteiger partial charge in [0, 0.05) is 13.1 Å². The molecule has 0 saturated heterocycles. The van der Waals surface area contributed by atoms with E-state index in [0.717, 1.165) is 0 Å². The summed E-state index contributed by atoms with van der Waals surface area (Å²) < 4.78 is 0. The molecule has 1 aliphatic rings. The van der Waals surface area contributed by atoms with Gasteiger partial charge < -0.3 is 4.90 Å². The van der Waals surface area contributed by atoms with Gasteiger partial charge in [0.05, 0.1) is 0 Å². The van der Waals surface area contributed by atoms with Crippen molar-refractivity contribution in [1.29, 1.82) is 0 Å². The minimum atomic E-state index is 1.26. The van der Waals surface area contributed by atoms with Gasteiger partial charge in [-0.05, 0) is 19.0 Å². The monoisotopic (exact) mass is 181 g/mol. The summed E-state index contributed by atoms with van der Waals surface area (Å²) in [7, 11) is 0. The molecule has 13 heavy (non-hydrogen) atoms. The first-order valence-electron chi connectivity index (χ1n) is 5.84. The second-order valence-electron chi connectivity index (χ2n) is 3.98. The van der Waals surface area contributed by atoms with Crippen LogP contribution < -0.4 is 0 Å². The minimum absolute atomic E-state index is 1.26. The lowest BCUT2D eigenvalue weighted by atomic mass is 10.1. The van der Waals surface area contributed by atoms with E-state index in [1.165, 1.54) is 58.0 Å². The van der Waals surface area contributed by atoms with Crippen LogP contribution in [-0.4, -0.2) is 18.0 Å². The van der Waals surface area contributed by atoms with Crippen LogP contribution in [0.1, 0.15) is 51.9 Å². The van der Waals surface area contributed by atoms with E-state index >= 15 is 0 Å². The zero-order valence-electron chi connectivity index (χ0n) is 8.97. The van der Waals surface area contributed by atoms with Crippen LogP contribution in [0.5, 0.6) is 0 Å². The van der Waals surface area contributed by atoms with Crippen molar-refractivity contribution in [3.8, 4) is 0 Å². The van der Waals surface area contributed by atoms with Crippen LogP contribution in [0, 0.1) is 0 Å². The molecule has 1 heterocycles. The molecule has 0 atom stereocenters. The molecule has 0 aromatic rings. The topological polar surface area (TPSA) is 3.24 Å². The maximum absolute atomic E-state index is 2.44. The number of rotatable bonds is 7. The van der Waals surface area contributed by atoms with E-state index in [0.29, 0.717) is 0 Å². The highest BCUT2D eigenvalue weighted by molar-refractivity contribution is 4.90. The van der Waals surface area contributed by atoms with Gasteiger partial charge in [0.2, 0.25) is 0 Å². The Balaban J connectivity index is 1.81. The van der Waals surface area contributed by atoms with E-state index in [-0.39, 0.29) is 0 Å². The normalized spacial score (nSPS) is 15.6. The van der Waals surface area contributed by atoms with Crippen LogP contribution in [0.25, 0.3) is 0 Å². The Bertz CT molecular complexity index is 140. The standard InChI is InChI=1S/C12H23N/c1-2-3-4-5-6-7-10-13-11-8-9-12-13/h8,11H,2-7,9-10,12H2,1H3. The average molecular weight is 181 g/mol. The third-order valence-electron chi connectivity index (χ3n) is 2.70. The van der Waals surface area contributed by atoms with Crippen molar-refractivity contribution in [2.75, 3.05) is 13.1 Å². The Kier molecular flexibility index (Phi) is 5.71. The first-order valence-corrected chi connectivity index (χ1v) is 5.84. The van der Waals surface area contributed by atoms with Gasteiger partial charge in [0.25, 0.3) is 0 Å². The predicted molar refractivity (Wildman–Crippen MR) is 58.7 cm³/mol. The Labute approximate surface area is 82.8 Å². The Morgan fingerprint density at radius 3 is 2.54 bits per heavy atom. The molecule has 1 heteroatoms. The van der Waals surface area contributed by atoms with Crippen molar-refractivity contribution in [1.82, 2.24) is 4.90 Å². The van der Waals surface area contributed by atoms with Crippen molar-refractivity contribution in [3.63, 3.8) is 0 Å². The molecule has 0 aromatic carbocycles. The van der Waals surface area contributed by atoms with Crippen molar-refractivity contribution in [2.24, 2.45) is 0 Å². The molecule has 1 rings (SSSR count). The lowest BCUT2D eigenvalue weighted by Gasteiger charge is -2.14. The van der Waals surface area contributed by atoms with Crippen LogP contribution in [-0.2, 0) is 0 Å². The quantitative estimate of drug-likeness (QED) is 0.543. The number of unbranched alkanes of at least 4 members (excludes halogenated alkanes) is 5. The highest BCUT2D eigenvalue weighted by Crippen LogP contribution is 2.08. The van der Waals surface area contributed by atoms with E-state index in [9.17, 15) is 0 Å². The zero-order chi connectivity index (χ0) is 9.36. The molecule has 1 nitrogen and oxygen atoms in total. The molecule has 0 aromatic heterocycles. The van der Waals surface area contributed by atoms with Crippen LogP contribution in [0.2, 0.25) is 0 Å². The second kappa shape index (κ2) is 6.99. The van der Waals surface area contributed by atoms with Gasteiger partial charge in [0.15, 0.2) is 0 Å². The Morgan fingerprint density at radius 2 is 1.85 bits per heavy atom. The number of hydrogen-bond donors (Lipinski definition) is 0. The van der Waals surface area contributed by atoms with E-state index in [2.05, 4.69) is 24.1 Å². The summed E-state index contributed by atoms with van der Waals surface area (Å²) in [5.41, 5.74) is 0. The molecular weight excluding hydrogens is 158 g/mol. The third kappa shape index (κ3) is 4.97. The molecule has 0 radical (unpaired) electrons. The lowest BCUT2D eigenvalue weighted by molar-refractivity contribution is 0.388. The van der Waals surface area contributed by atoms with Crippen molar-refractivity contribution < 1.29 is 0 Å². The SMILES string of the molecule is CCCCCCCCN1C=CCC1. The van der Waals surface area contributed by atoms with Gasteiger partial charge in [-0.1, -0.05) is 45.1 Å². The summed E-state index contributed by atoms with van der Waals surface area (Å²) in [6.45, 7) is 4.81. The highest BCUT2D eigenvalue weighted by Gasteiger charge is 2.02. The molecule has 0 bridgehead atoms. The van der Waals surface area contributed by atoms with E-state index in [1.54, 1.807) is 0 Å². The lowest BCUT2D eigenvalue weighted by Crippen LogP contribution is -2.15. The number of hydrogen-bond acceptors (Lipinski definition) is 1. The average Bonchev–Trinajstić information content (AvgIpc) is 2.63. The van der Waals surface area contributed by atoms with Gasteiger partial charge in [-0.2, -0.15) is 0 Å². The highest BCUT2D eigenvalue weighted by atomic mass is 15.1. The predicted octanol–water partition coefficient (Wildman–Crippen LogP) is 3.57. The van der Waals surface area contributed by atoms with Crippen LogP contribution >= 0.6 is 0 Å². The molecule has 0 N–H and O–H groups in total. The molecule has 0 aliphatic carbocycles. The largest absolute Gasteiger partial charge is 0.377 e. The first-order chi connectivity index (χ1) is 6.43. The molecule has 0 unspecified atom stereocenters. The second-order valence-corrected chi connectivity index (χ2v) is 3.98. The fourth-order valence-electron chi connectivity index (χ4n) is 1.82. The fourth-order valence-corrected chi connectivity index (χ4v) is 1.82. The first kappa shape index (κ1) is 10.6. The van der Waals surface area contributed by atoms with Gasteiger partial charge in [0.1, 0.15) is 0 Å². The summed E-state index contributed by atoms with van der Waals surface area (Å²) in [4.78, 5) is 2.44. The molecule has 0 saturated carbocycles. The fraction of sp³-hybridized carbons (Fsp3) is 0.833. The minimum Gasteiger partial charge on any atom is -0.377 e. The summed E-state index contributed by atoms with van der Waals surface area (Å²) in [6.07, 6.45) is 14.2. The molecule has 0 fully saturated rings. The van der Waals surface area contributed by atoms with Crippen molar-refractivity contribution >= 4 is 0 Å². The van der Waals surface area contributed by atoms with Crippen LogP contribution in [0.4, 0.5) is 0 Å². The summed E-state index contributed by atoms with van der Waals surface area (Å²) in [5, 5.41) is 0. The molecule has 1 aliphatic heterocycles. The third-order valence-corrected chi connectivity index (χ3v) is 2.70. The number of nitrogens with zero attached hydrogens (tertiary/aromatic N) is 1. The van der Waals surface area contributed by atoms with Crippen molar-refractivity contribution in [3.05, 3.63) is 12.3 Å². The van der Waals surface area contributed by atoms with Gasteiger partial charge in [-0.25, -0.2) is 0 Å². The van der Waals surface area contributed by atoms with Crippen LogP contribution in [0.15, 0.2) is 12.3 Å². The van der Waals surface area contributed by atoms with Gasteiger partial charge >= 0.3 is 0 Å². The Morgan fingerprint density at radius 1 is 1.08 bits per heavy atom. The Hall–Kier alpha value is -0.460. The maximum atomic E-state index is 2.44. The maximum Gasteiger partial charge on any atom is 0.0207 e. The van der Waals surface area contributed by atoms with Gasteiger partial charge in [-0.3, -0.25) is 0 Å². The molecule has 76 valence electrons. The molecular formula is C12H23N. The van der Waals surface area contributed by atoms with Gasteiger partial charge in [-0.15, -0.1) is 0 Å². The smallest absolute Gasteiger partial charge is 0.0207 e. The summed E-state index contributed by atoms with van der Waals surface area (Å²) >= 11 is 0.